The predicted octanol–water partition coefficient (Wildman–Crippen LogP) is 4.90. The average Bonchev–Trinajstić information content (AvgIpc) is 2.60. The molecular weight excluding hydrogens is 308 g/mol. The van der Waals surface area contributed by atoms with Crippen LogP contribution in [0.3, 0.4) is 0 Å². The normalized spacial score (nSPS) is 11.8. The summed E-state index contributed by atoms with van der Waals surface area (Å²) in [4.78, 5) is 3.15. The molecule has 0 atom stereocenters. The van der Waals surface area contributed by atoms with E-state index in [1.807, 2.05) is 12.3 Å². The number of aromatic amines is 1. The minimum absolute atomic E-state index is 0.0487. The number of H-pyrrole nitrogens is 1. The molecule has 96 valence electrons. The molecule has 2 nitrogen and oxygen atoms in total. The minimum atomic E-state index is 0.0487. The summed E-state index contributed by atoms with van der Waals surface area (Å²) in [5.41, 5.74) is 3.57. The molecule has 2 aromatic rings. The van der Waals surface area contributed by atoms with Crippen molar-refractivity contribution in [3.63, 3.8) is 0 Å². The first-order valence-corrected chi connectivity index (χ1v) is 7.08. The maximum absolute atomic E-state index is 5.41. The summed E-state index contributed by atoms with van der Waals surface area (Å²) >= 11 is 8.90. The van der Waals surface area contributed by atoms with Gasteiger partial charge in [-0.15, -0.1) is 0 Å². The number of imidazole rings is 1. The van der Waals surface area contributed by atoms with Crippen LogP contribution >= 0.6 is 28.1 Å². The highest BCUT2D eigenvalue weighted by atomic mass is 79.9. The van der Waals surface area contributed by atoms with E-state index in [1.54, 1.807) is 0 Å². The summed E-state index contributed by atoms with van der Waals surface area (Å²) in [6.45, 7) is 8.67. The van der Waals surface area contributed by atoms with Crippen LogP contribution in [0, 0.1) is 11.7 Å². The zero-order valence-electron chi connectivity index (χ0n) is 11.0. The van der Waals surface area contributed by atoms with Crippen LogP contribution in [-0.2, 0) is 5.41 Å². The van der Waals surface area contributed by atoms with Crippen molar-refractivity contribution in [1.82, 2.24) is 9.55 Å². The van der Waals surface area contributed by atoms with Gasteiger partial charge >= 0.3 is 0 Å². The van der Waals surface area contributed by atoms with Crippen molar-refractivity contribution in [3.8, 4) is 5.69 Å². The Kier molecular flexibility index (Phi) is 3.52. The second-order valence-corrected chi connectivity index (χ2v) is 6.80. The van der Waals surface area contributed by atoms with Crippen molar-refractivity contribution in [1.29, 1.82) is 0 Å². The Morgan fingerprint density at radius 1 is 1.28 bits per heavy atom. The van der Waals surface area contributed by atoms with Crippen molar-refractivity contribution < 1.29 is 0 Å². The lowest BCUT2D eigenvalue weighted by Gasteiger charge is -2.21. The van der Waals surface area contributed by atoms with Crippen LogP contribution in [0.1, 0.15) is 32.0 Å². The summed E-state index contributed by atoms with van der Waals surface area (Å²) < 4.78 is 3.95. The highest BCUT2D eigenvalue weighted by molar-refractivity contribution is 9.10. The summed E-state index contributed by atoms with van der Waals surface area (Å²) in [5, 5.41) is 0. The first kappa shape index (κ1) is 13.6. The van der Waals surface area contributed by atoms with Crippen LogP contribution in [-0.4, -0.2) is 9.55 Å². The molecule has 0 unspecified atom stereocenters. The van der Waals surface area contributed by atoms with Gasteiger partial charge in [0.15, 0.2) is 4.77 Å². The number of nitrogens with zero attached hydrogens (tertiary/aromatic N) is 1. The monoisotopic (exact) mass is 324 g/mol. The van der Waals surface area contributed by atoms with Gasteiger partial charge < -0.3 is 4.98 Å². The van der Waals surface area contributed by atoms with Gasteiger partial charge in [-0.2, -0.15) is 0 Å². The predicted molar refractivity (Wildman–Crippen MR) is 82.1 cm³/mol. The Hall–Kier alpha value is -0.870. The van der Waals surface area contributed by atoms with Crippen molar-refractivity contribution >= 4 is 28.1 Å². The number of nitrogens with one attached hydrogen (secondary N) is 1. The second-order valence-electron chi connectivity index (χ2n) is 5.50. The summed E-state index contributed by atoms with van der Waals surface area (Å²) in [7, 11) is 0. The maximum Gasteiger partial charge on any atom is 0.182 e. The van der Waals surface area contributed by atoms with Gasteiger partial charge in [0.2, 0.25) is 0 Å². The van der Waals surface area contributed by atoms with Crippen molar-refractivity contribution in [3.05, 3.63) is 44.9 Å². The molecular formula is C14H17BrN2S. The van der Waals surface area contributed by atoms with Gasteiger partial charge in [-0.05, 0) is 42.9 Å². The molecule has 2 rings (SSSR count). The van der Waals surface area contributed by atoms with Crippen molar-refractivity contribution in [2.45, 2.75) is 33.1 Å². The molecule has 0 saturated carbocycles. The Bertz CT molecular complexity index is 632. The van der Waals surface area contributed by atoms with E-state index >= 15 is 0 Å². The number of benzene rings is 1. The van der Waals surface area contributed by atoms with Crippen LogP contribution in [0.25, 0.3) is 5.69 Å². The van der Waals surface area contributed by atoms with Gasteiger partial charge in [0.25, 0.3) is 0 Å². The third-order valence-electron chi connectivity index (χ3n) is 2.94. The fourth-order valence-electron chi connectivity index (χ4n) is 2.03. The molecule has 4 heteroatoms. The van der Waals surface area contributed by atoms with Crippen LogP contribution in [0.2, 0.25) is 0 Å². The van der Waals surface area contributed by atoms with E-state index in [4.69, 9.17) is 12.2 Å². The minimum Gasteiger partial charge on any atom is -0.337 e. The third-order valence-corrected chi connectivity index (χ3v) is 3.74. The van der Waals surface area contributed by atoms with Gasteiger partial charge in [0, 0.05) is 21.8 Å². The summed E-state index contributed by atoms with van der Waals surface area (Å²) in [5.74, 6) is 0. The molecule has 18 heavy (non-hydrogen) atoms. The Balaban J connectivity index is 2.71. The lowest BCUT2D eigenvalue weighted by atomic mass is 9.92. The Morgan fingerprint density at radius 2 is 1.94 bits per heavy atom. The van der Waals surface area contributed by atoms with Gasteiger partial charge in [0.05, 0.1) is 5.69 Å². The van der Waals surface area contributed by atoms with E-state index in [0.717, 1.165) is 14.9 Å². The lowest BCUT2D eigenvalue weighted by Crippen LogP contribution is -2.17. The van der Waals surface area contributed by atoms with Gasteiger partial charge in [-0.1, -0.05) is 36.7 Å². The lowest BCUT2D eigenvalue weighted by molar-refractivity contribution is 0.555. The molecule has 0 aliphatic rings. The van der Waals surface area contributed by atoms with Crippen LogP contribution in [0.4, 0.5) is 0 Å². The van der Waals surface area contributed by atoms with E-state index in [2.05, 4.69) is 65.3 Å². The van der Waals surface area contributed by atoms with E-state index < -0.39 is 0 Å². The van der Waals surface area contributed by atoms with E-state index in [1.165, 1.54) is 11.3 Å². The largest absolute Gasteiger partial charge is 0.337 e. The smallest absolute Gasteiger partial charge is 0.182 e. The highest BCUT2D eigenvalue weighted by Crippen LogP contribution is 2.27. The summed E-state index contributed by atoms with van der Waals surface area (Å²) in [6.07, 6.45) is 2.00. The fraction of sp³-hybridized carbons (Fsp3) is 0.357. The summed E-state index contributed by atoms with van der Waals surface area (Å²) in [6, 6.07) is 6.25. The number of rotatable bonds is 1. The molecule has 0 amide bonds. The molecule has 0 aliphatic carbocycles. The van der Waals surface area contributed by atoms with Gasteiger partial charge in [-0.25, -0.2) is 0 Å². The second kappa shape index (κ2) is 4.67. The van der Waals surface area contributed by atoms with Gasteiger partial charge in [-0.3, -0.25) is 4.57 Å². The Morgan fingerprint density at radius 3 is 2.50 bits per heavy atom. The quantitative estimate of drug-likeness (QED) is 0.739. The zero-order chi connectivity index (χ0) is 13.5. The number of hydrogen-bond donors (Lipinski definition) is 1. The molecule has 0 saturated heterocycles. The van der Waals surface area contributed by atoms with Crippen LogP contribution in [0.15, 0.2) is 28.9 Å². The third kappa shape index (κ3) is 2.45. The van der Waals surface area contributed by atoms with Crippen LogP contribution in [0.5, 0.6) is 0 Å². The van der Waals surface area contributed by atoms with E-state index in [-0.39, 0.29) is 5.41 Å². The number of hydrogen-bond acceptors (Lipinski definition) is 1. The first-order chi connectivity index (χ1) is 8.30. The molecule has 0 radical (unpaired) electrons. The number of aromatic nitrogens is 2. The highest BCUT2D eigenvalue weighted by Gasteiger charge is 2.20. The average molecular weight is 325 g/mol. The molecule has 1 N–H and O–H groups in total. The molecule has 0 bridgehead atoms. The first-order valence-electron chi connectivity index (χ1n) is 5.88. The van der Waals surface area contributed by atoms with Gasteiger partial charge in [0.1, 0.15) is 0 Å². The number of aryl methyl sites for hydroxylation is 1. The molecule has 0 spiro atoms. The van der Waals surface area contributed by atoms with Crippen molar-refractivity contribution in [2.75, 3.05) is 0 Å². The van der Waals surface area contributed by atoms with E-state index in [0.29, 0.717) is 0 Å². The fourth-order valence-corrected chi connectivity index (χ4v) is 2.76. The standard InChI is InChI=1S/C14H17BrN2S/c1-9-7-10(15)5-6-11(9)17-12(14(2,3)4)8-16-13(17)18/h5-8H,1-4H3,(H,16,18). The zero-order valence-corrected chi connectivity index (χ0v) is 13.4. The maximum atomic E-state index is 5.41. The Labute approximate surface area is 121 Å². The SMILES string of the molecule is Cc1cc(Br)ccc1-n1c(C(C)(C)C)c[nH]c1=S. The van der Waals surface area contributed by atoms with Crippen LogP contribution < -0.4 is 0 Å². The van der Waals surface area contributed by atoms with E-state index in [9.17, 15) is 0 Å². The molecule has 1 heterocycles. The van der Waals surface area contributed by atoms with Crippen molar-refractivity contribution in [2.24, 2.45) is 0 Å². The molecule has 0 aliphatic heterocycles. The molecule has 0 fully saturated rings. The molecule has 1 aromatic carbocycles. The molecule has 1 aromatic heterocycles. The topological polar surface area (TPSA) is 20.7 Å². The number of halogens is 1.